The number of likely N-dealkylation sites (N-methyl/N-ethyl adjacent to an activating group) is 1. The zero-order chi connectivity index (χ0) is 24.7. The largest absolute Gasteiger partial charge is 0.470 e. The number of nitrogens with zero attached hydrogens (tertiary/aromatic N) is 6. The molecule has 2 aliphatic rings. The summed E-state index contributed by atoms with van der Waals surface area (Å²) in [6.45, 7) is 1.94. The standard InChI is InChI=1S/C23H22N6O6/c1-23(8-15(9-23)28(3)22(32)18-13-33-19(30)4-5-20(31)34-18)35-21-17-6-7-24-29(17)12-16(26-21)14-10-25-27(2)11-14/h4-7,10-13,15H,8-9H2,1-3H3/b5-4-,18-13-. The van der Waals surface area contributed by atoms with Crippen molar-refractivity contribution >= 4 is 23.4 Å². The SMILES string of the molecule is CN(C(=O)/C1=C/OC(=O)/C=C\C(=O)O1)C1CC(C)(Oc2nc(-c3cnn(C)c3)cn3nccc23)C1. The Morgan fingerprint density at radius 1 is 1.20 bits per heavy atom. The average Bonchev–Trinajstić information content (AvgIpc) is 3.45. The summed E-state index contributed by atoms with van der Waals surface area (Å²) in [6.07, 6.45) is 10.7. The van der Waals surface area contributed by atoms with Gasteiger partial charge in [0, 0.05) is 56.9 Å². The number of rotatable bonds is 5. The van der Waals surface area contributed by atoms with Crippen LogP contribution in [-0.4, -0.2) is 65.8 Å². The summed E-state index contributed by atoms with van der Waals surface area (Å²) in [6, 6.07) is 1.63. The third-order valence-corrected chi connectivity index (χ3v) is 5.96. The van der Waals surface area contributed by atoms with E-state index in [-0.39, 0.29) is 11.8 Å². The van der Waals surface area contributed by atoms with Crippen molar-refractivity contribution in [3.63, 3.8) is 0 Å². The molecule has 3 aromatic rings. The lowest BCUT2D eigenvalue weighted by Gasteiger charge is -2.48. The molecule has 3 aromatic heterocycles. The van der Waals surface area contributed by atoms with Crippen molar-refractivity contribution in [1.29, 1.82) is 0 Å². The van der Waals surface area contributed by atoms with Gasteiger partial charge in [0.2, 0.25) is 11.6 Å². The fourth-order valence-electron chi connectivity index (χ4n) is 4.08. The predicted molar refractivity (Wildman–Crippen MR) is 119 cm³/mol. The van der Waals surface area contributed by atoms with Crippen LogP contribution in [0.15, 0.2) is 55.0 Å². The van der Waals surface area contributed by atoms with E-state index in [1.807, 2.05) is 32.4 Å². The highest BCUT2D eigenvalue weighted by atomic mass is 16.6. The number of cyclic esters (lactones) is 2. The van der Waals surface area contributed by atoms with Gasteiger partial charge in [0.1, 0.15) is 17.4 Å². The van der Waals surface area contributed by atoms with E-state index >= 15 is 0 Å². The summed E-state index contributed by atoms with van der Waals surface area (Å²) in [4.78, 5) is 42.2. The van der Waals surface area contributed by atoms with Gasteiger partial charge >= 0.3 is 11.9 Å². The van der Waals surface area contributed by atoms with Gasteiger partial charge in [-0.05, 0) is 13.0 Å². The molecule has 0 N–H and O–H groups in total. The van der Waals surface area contributed by atoms with E-state index in [2.05, 4.69) is 10.2 Å². The van der Waals surface area contributed by atoms with Crippen LogP contribution in [0.2, 0.25) is 0 Å². The lowest BCUT2D eigenvalue weighted by Crippen LogP contribution is -2.57. The molecule has 0 bridgehead atoms. The maximum Gasteiger partial charge on any atom is 0.336 e. The van der Waals surface area contributed by atoms with Gasteiger partial charge in [-0.3, -0.25) is 9.48 Å². The molecule has 180 valence electrons. The van der Waals surface area contributed by atoms with E-state index < -0.39 is 23.4 Å². The first kappa shape index (κ1) is 22.3. The van der Waals surface area contributed by atoms with E-state index in [1.165, 1.54) is 4.90 Å². The minimum absolute atomic E-state index is 0.189. The third kappa shape index (κ3) is 4.37. The maximum atomic E-state index is 12.9. The van der Waals surface area contributed by atoms with Crippen molar-refractivity contribution in [1.82, 2.24) is 29.3 Å². The van der Waals surface area contributed by atoms with Gasteiger partial charge in [-0.25, -0.2) is 19.1 Å². The van der Waals surface area contributed by atoms with E-state index in [1.54, 1.807) is 28.6 Å². The monoisotopic (exact) mass is 478 g/mol. The first-order valence-electron chi connectivity index (χ1n) is 10.8. The number of fused-ring (bicyclic) bond motifs is 1. The fourth-order valence-corrected chi connectivity index (χ4v) is 4.08. The van der Waals surface area contributed by atoms with Gasteiger partial charge in [-0.15, -0.1) is 0 Å². The molecule has 12 nitrogen and oxygen atoms in total. The van der Waals surface area contributed by atoms with Crippen LogP contribution in [0.25, 0.3) is 16.8 Å². The van der Waals surface area contributed by atoms with Gasteiger partial charge < -0.3 is 19.1 Å². The number of aryl methyl sites for hydroxylation is 1. The lowest BCUT2D eigenvalue weighted by atomic mass is 9.76. The molecule has 35 heavy (non-hydrogen) atoms. The summed E-state index contributed by atoms with van der Waals surface area (Å²) < 4.78 is 19.5. The topological polar surface area (TPSA) is 130 Å². The Morgan fingerprint density at radius 3 is 2.71 bits per heavy atom. The molecule has 1 fully saturated rings. The van der Waals surface area contributed by atoms with Gasteiger partial charge in [0.15, 0.2) is 0 Å². The molecular weight excluding hydrogens is 456 g/mol. The van der Waals surface area contributed by atoms with E-state index in [4.69, 9.17) is 19.2 Å². The number of esters is 2. The van der Waals surface area contributed by atoms with Crippen LogP contribution in [0, 0.1) is 0 Å². The smallest absolute Gasteiger partial charge is 0.336 e. The van der Waals surface area contributed by atoms with Crippen LogP contribution in [-0.2, 0) is 30.9 Å². The number of hydrogen-bond acceptors (Lipinski definition) is 9. The molecule has 1 aliphatic heterocycles. The molecular formula is C23H22N6O6. The normalized spacial score (nSPS) is 24.3. The zero-order valence-corrected chi connectivity index (χ0v) is 19.2. The number of aromatic nitrogens is 5. The molecule has 0 aromatic carbocycles. The second kappa shape index (κ2) is 8.38. The Hall–Kier alpha value is -4.48. The fraction of sp³-hybridized carbons (Fsp3) is 0.304. The molecule has 0 unspecified atom stereocenters. The number of carbonyl (C=O) groups excluding carboxylic acids is 3. The van der Waals surface area contributed by atoms with Crippen LogP contribution in [0.3, 0.4) is 0 Å². The second-order valence-corrected chi connectivity index (χ2v) is 8.70. The van der Waals surface area contributed by atoms with E-state index in [9.17, 15) is 14.4 Å². The number of amides is 1. The molecule has 0 radical (unpaired) electrons. The predicted octanol–water partition coefficient (Wildman–Crippen LogP) is 1.39. The van der Waals surface area contributed by atoms with Crippen LogP contribution < -0.4 is 4.74 Å². The van der Waals surface area contributed by atoms with Crippen molar-refractivity contribution in [3.8, 4) is 17.1 Å². The van der Waals surface area contributed by atoms with E-state index in [0.717, 1.165) is 24.0 Å². The highest BCUT2D eigenvalue weighted by molar-refractivity contribution is 5.99. The molecule has 12 heteroatoms. The summed E-state index contributed by atoms with van der Waals surface area (Å²) in [7, 11) is 3.42. The Bertz CT molecular complexity index is 1400. The summed E-state index contributed by atoms with van der Waals surface area (Å²) in [5, 5.41) is 8.52. The molecule has 1 amide bonds. The van der Waals surface area contributed by atoms with E-state index in [0.29, 0.717) is 29.9 Å². The van der Waals surface area contributed by atoms with Gasteiger partial charge in [-0.1, -0.05) is 0 Å². The van der Waals surface area contributed by atoms with Crippen molar-refractivity contribution in [2.24, 2.45) is 7.05 Å². The molecule has 5 rings (SSSR count). The lowest BCUT2D eigenvalue weighted by molar-refractivity contribution is -0.147. The minimum atomic E-state index is -0.833. The Morgan fingerprint density at radius 2 is 1.97 bits per heavy atom. The highest BCUT2D eigenvalue weighted by Gasteiger charge is 2.47. The Balaban J connectivity index is 1.30. The van der Waals surface area contributed by atoms with Crippen molar-refractivity contribution in [2.75, 3.05) is 7.05 Å². The molecule has 0 saturated heterocycles. The third-order valence-electron chi connectivity index (χ3n) is 5.96. The average molecular weight is 478 g/mol. The number of ether oxygens (including phenoxy) is 3. The second-order valence-electron chi connectivity index (χ2n) is 8.70. The first-order valence-corrected chi connectivity index (χ1v) is 10.8. The Kier molecular flexibility index (Phi) is 5.35. The quantitative estimate of drug-likeness (QED) is 0.499. The highest BCUT2D eigenvalue weighted by Crippen LogP contribution is 2.40. The Labute approximate surface area is 199 Å². The summed E-state index contributed by atoms with van der Waals surface area (Å²) in [5.41, 5.74) is 1.62. The zero-order valence-electron chi connectivity index (χ0n) is 19.2. The maximum absolute atomic E-state index is 12.9. The van der Waals surface area contributed by atoms with Crippen molar-refractivity contribution in [3.05, 3.63) is 55.0 Å². The molecule has 0 spiro atoms. The summed E-state index contributed by atoms with van der Waals surface area (Å²) >= 11 is 0. The van der Waals surface area contributed by atoms with Gasteiger partial charge in [-0.2, -0.15) is 10.2 Å². The van der Waals surface area contributed by atoms with Gasteiger partial charge in [0.05, 0.1) is 24.3 Å². The van der Waals surface area contributed by atoms with Crippen LogP contribution in [0.1, 0.15) is 19.8 Å². The van der Waals surface area contributed by atoms with Gasteiger partial charge in [0.25, 0.3) is 5.91 Å². The molecule has 1 aliphatic carbocycles. The van der Waals surface area contributed by atoms with Crippen molar-refractivity contribution in [2.45, 2.75) is 31.4 Å². The van der Waals surface area contributed by atoms with Crippen LogP contribution in [0.4, 0.5) is 0 Å². The number of hydrogen-bond donors (Lipinski definition) is 0. The molecule has 0 atom stereocenters. The number of carbonyl (C=O) groups is 3. The molecule has 4 heterocycles. The van der Waals surface area contributed by atoms with Crippen LogP contribution in [0.5, 0.6) is 5.88 Å². The first-order chi connectivity index (χ1) is 16.7. The minimum Gasteiger partial charge on any atom is -0.470 e. The summed E-state index contributed by atoms with van der Waals surface area (Å²) in [5.74, 6) is -2.12. The van der Waals surface area contributed by atoms with Crippen LogP contribution >= 0.6 is 0 Å². The van der Waals surface area contributed by atoms with Crippen molar-refractivity contribution < 1.29 is 28.6 Å². The molecule has 1 saturated carbocycles.